The molecule has 0 saturated carbocycles. The molecule has 4 atom stereocenters. The van der Waals surface area contributed by atoms with Gasteiger partial charge in [0.25, 0.3) is 0 Å². The first-order valence-electron chi connectivity index (χ1n) is 9.17. The van der Waals surface area contributed by atoms with Crippen molar-refractivity contribution in [2.24, 2.45) is 0 Å². The lowest BCUT2D eigenvalue weighted by molar-refractivity contribution is -0.248. The van der Waals surface area contributed by atoms with Gasteiger partial charge >= 0.3 is 23.8 Å². The van der Waals surface area contributed by atoms with Gasteiger partial charge in [-0.3, -0.25) is 14.2 Å². The van der Waals surface area contributed by atoms with Crippen molar-refractivity contribution in [2.75, 3.05) is 5.73 Å². The molecule has 1 saturated heterocycles. The summed E-state index contributed by atoms with van der Waals surface area (Å²) in [7, 11) is 0. The van der Waals surface area contributed by atoms with Crippen molar-refractivity contribution in [1.29, 1.82) is 0 Å². The Balaban J connectivity index is 2.14. The first kappa shape index (κ1) is 23.1. The van der Waals surface area contributed by atoms with Crippen LogP contribution in [-0.4, -0.2) is 55.5 Å². The molecule has 11 nitrogen and oxygen atoms in total. The SMILES string of the molecule is C#CCn1c(=O)n(C2OC([C@@H](OC(C)=O)C(F)(F)F)CC2OC(C)=O)c2nc(N)ncc21. The molecule has 0 spiro atoms. The second-order valence-electron chi connectivity index (χ2n) is 6.90. The van der Waals surface area contributed by atoms with Crippen molar-refractivity contribution in [3.8, 4) is 12.3 Å². The zero-order chi connectivity index (χ0) is 23.8. The molecule has 32 heavy (non-hydrogen) atoms. The Labute approximate surface area is 178 Å². The number of nitrogens with zero attached hydrogens (tertiary/aromatic N) is 4. The minimum Gasteiger partial charge on any atom is -0.458 e. The number of hydrogen-bond acceptors (Lipinski definition) is 9. The molecule has 0 bridgehead atoms. The number of terminal acetylenes is 1. The average molecular weight is 457 g/mol. The standard InChI is InChI=1S/C18H18F3N5O6/c1-4-5-25-10-7-23-16(22)24-14(10)26(17(25)29)15-12(30-8(2)27)6-11(32-15)13(18(19,20)21)31-9(3)28/h1,7,11-13,15H,5-6H2,2-3H3,(H2,22,23,24)/t11?,12?,13-,15?/m1/s1. The third-order valence-corrected chi connectivity index (χ3v) is 4.60. The first-order valence-corrected chi connectivity index (χ1v) is 9.17. The van der Waals surface area contributed by atoms with E-state index in [9.17, 15) is 27.6 Å². The molecule has 3 rings (SSSR count). The Kier molecular flexibility index (Phi) is 6.13. The maximum absolute atomic E-state index is 13.5. The van der Waals surface area contributed by atoms with Gasteiger partial charge in [0.1, 0.15) is 17.7 Å². The molecule has 0 aliphatic carbocycles. The van der Waals surface area contributed by atoms with Crippen LogP contribution in [0.1, 0.15) is 26.5 Å². The van der Waals surface area contributed by atoms with Crippen molar-refractivity contribution in [3.05, 3.63) is 16.7 Å². The molecule has 0 radical (unpaired) electrons. The van der Waals surface area contributed by atoms with E-state index < -0.39 is 54.8 Å². The summed E-state index contributed by atoms with van der Waals surface area (Å²) in [4.78, 5) is 43.7. The van der Waals surface area contributed by atoms with E-state index in [-0.39, 0.29) is 23.7 Å². The van der Waals surface area contributed by atoms with Gasteiger partial charge in [0.2, 0.25) is 12.1 Å². The Morgan fingerprint density at radius 2 is 2.09 bits per heavy atom. The summed E-state index contributed by atoms with van der Waals surface area (Å²) in [6, 6.07) is 0. The molecular weight excluding hydrogens is 439 g/mol. The van der Waals surface area contributed by atoms with E-state index in [1.807, 2.05) is 0 Å². The van der Waals surface area contributed by atoms with Crippen LogP contribution < -0.4 is 11.4 Å². The van der Waals surface area contributed by atoms with E-state index >= 15 is 0 Å². The van der Waals surface area contributed by atoms with E-state index in [2.05, 4.69) is 20.6 Å². The van der Waals surface area contributed by atoms with Crippen LogP contribution in [0.15, 0.2) is 11.0 Å². The Bertz CT molecular complexity index is 1150. The van der Waals surface area contributed by atoms with Crippen LogP contribution in [0.25, 0.3) is 11.2 Å². The molecule has 3 heterocycles. The molecule has 2 aromatic heterocycles. The quantitative estimate of drug-likeness (QED) is 0.503. The zero-order valence-corrected chi connectivity index (χ0v) is 16.8. The summed E-state index contributed by atoms with van der Waals surface area (Å²) in [6.07, 6.45) is -6.28. The highest BCUT2D eigenvalue weighted by Gasteiger charge is 2.54. The van der Waals surface area contributed by atoms with Crippen LogP contribution in [0, 0.1) is 12.3 Å². The molecule has 172 valence electrons. The number of fused-ring (bicyclic) bond motifs is 1. The Hall–Kier alpha value is -3.60. The van der Waals surface area contributed by atoms with Gasteiger partial charge in [-0.2, -0.15) is 18.2 Å². The molecule has 1 aliphatic rings. The van der Waals surface area contributed by atoms with E-state index in [1.165, 1.54) is 6.20 Å². The summed E-state index contributed by atoms with van der Waals surface area (Å²) in [5, 5.41) is 0. The van der Waals surface area contributed by atoms with Gasteiger partial charge in [0.15, 0.2) is 11.9 Å². The summed E-state index contributed by atoms with van der Waals surface area (Å²) >= 11 is 0. The highest BCUT2D eigenvalue weighted by molar-refractivity contribution is 5.72. The van der Waals surface area contributed by atoms with E-state index in [4.69, 9.17) is 21.6 Å². The number of nitrogen functional groups attached to an aromatic ring is 1. The lowest BCUT2D eigenvalue weighted by atomic mass is 10.1. The minimum atomic E-state index is -4.99. The summed E-state index contributed by atoms with van der Waals surface area (Å²) < 4.78 is 57.6. The molecule has 14 heteroatoms. The fourth-order valence-electron chi connectivity index (χ4n) is 3.49. The van der Waals surface area contributed by atoms with Crippen LogP contribution >= 0.6 is 0 Å². The molecule has 3 unspecified atom stereocenters. The molecule has 0 amide bonds. The van der Waals surface area contributed by atoms with Gasteiger partial charge in [-0.05, 0) is 0 Å². The monoisotopic (exact) mass is 457 g/mol. The third-order valence-electron chi connectivity index (χ3n) is 4.60. The highest BCUT2D eigenvalue weighted by Crippen LogP contribution is 2.39. The number of anilines is 1. The number of hydrogen-bond donors (Lipinski definition) is 1. The molecule has 2 aromatic rings. The van der Waals surface area contributed by atoms with E-state index in [0.717, 1.165) is 23.0 Å². The van der Waals surface area contributed by atoms with Crippen molar-refractivity contribution in [2.45, 2.75) is 57.5 Å². The number of carbonyl (C=O) groups excluding carboxylic acids is 2. The number of rotatable bonds is 5. The average Bonchev–Trinajstić information content (AvgIpc) is 3.17. The summed E-state index contributed by atoms with van der Waals surface area (Å²) in [5.41, 5.74) is 4.87. The van der Waals surface area contributed by atoms with Crippen LogP contribution in [0.3, 0.4) is 0 Å². The van der Waals surface area contributed by atoms with Crippen LogP contribution in [0.2, 0.25) is 0 Å². The second kappa shape index (κ2) is 8.50. The number of ether oxygens (including phenoxy) is 3. The minimum absolute atomic E-state index is 0.0865. The number of imidazole rings is 1. The van der Waals surface area contributed by atoms with Gasteiger partial charge < -0.3 is 19.9 Å². The van der Waals surface area contributed by atoms with Gasteiger partial charge in [0.05, 0.1) is 12.7 Å². The zero-order valence-electron chi connectivity index (χ0n) is 16.8. The van der Waals surface area contributed by atoms with Gasteiger partial charge in [-0.15, -0.1) is 6.42 Å². The van der Waals surface area contributed by atoms with E-state index in [1.54, 1.807) is 0 Å². The summed E-state index contributed by atoms with van der Waals surface area (Å²) in [5.74, 6) is 0.0392. The molecular formula is C18H18F3N5O6. The second-order valence-corrected chi connectivity index (χ2v) is 6.90. The molecule has 2 N–H and O–H groups in total. The van der Waals surface area contributed by atoms with Gasteiger partial charge in [-0.25, -0.2) is 14.3 Å². The lowest BCUT2D eigenvalue weighted by Crippen LogP contribution is -2.43. The Morgan fingerprint density at radius 3 is 2.66 bits per heavy atom. The molecule has 1 aliphatic heterocycles. The number of alkyl halides is 3. The van der Waals surface area contributed by atoms with Crippen molar-refractivity contribution in [1.82, 2.24) is 19.1 Å². The topological polar surface area (TPSA) is 141 Å². The highest BCUT2D eigenvalue weighted by atomic mass is 19.4. The van der Waals surface area contributed by atoms with E-state index in [0.29, 0.717) is 0 Å². The predicted molar refractivity (Wildman–Crippen MR) is 101 cm³/mol. The van der Waals surface area contributed by atoms with Crippen molar-refractivity contribution < 1.29 is 37.0 Å². The lowest BCUT2D eigenvalue weighted by Gasteiger charge is -2.25. The van der Waals surface area contributed by atoms with Crippen LogP contribution in [-0.2, 0) is 30.3 Å². The largest absolute Gasteiger partial charge is 0.458 e. The van der Waals surface area contributed by atoms with Crippen molar-refractivity contribution in [3.63, 3.8) is 0 Å². The normalized spacial score (nSPS) is 21.8. The van der Waals surface area contributed by atoms with Crippen LogP contribution in [0.4, 0.5) is 19.1 Å². The van der Waals surface area contributed by atoms with Gasteiger partial charge in [-0.1, -0.05) is 5.92 Å². The Morgan fingerprint density at radius 1 is 1.41 bits per heavy atom. The van der Waals surface area contributed by atoms with Gasteiger partial charge in [0, 0.05) is 20.3 Å². The molecule has 1 fully saturated rings. The fraction of sp³-hybridized carbons (Fsp3) is 0.500. The maximum Gasteiger partial charge on any atom is 0.428 e. The third kappa shape index (κ3) is 4.37. The predicted octanol–water partition coefficient (Wildman–Crippen LogP) is 0.522. The number of nitrogens with two attached hydrogens (primary N) is 1. The maximum atomic E-state index is 13.5. The van der Waals surface area contributed by atoms with Crippen LogP contribution in [0.5, 0.6) is 0 Å². The summed E-state index contributed by atoms with van der Waals surface area (Å²) in [6.45, 7) is 1.65. The first-order chi connectivity index (χ1) is 14.9. The number of esters is 2. The fourth-order valence-corrected chi connectivity index (χ4v) is 3.49. The molecule has 0 aromatic carbocycles. The smallest absolute Gasteiger partial charge is 0.428 e. The number of aromatic nitrogens is 4. The van der Waals surface area contributed by atoms with Crippen molar-refractivity contribution >= 4 is 29.1 Å². The number of carbonyl (C=O) groups is 2. The number of halogens is 3.